The van der Waals surface area contributed by atoms with Crippen LogP contribution in [0.4, 0.5) is 26.3 Å². The summed E-state index contributed by atoms with van der Waals surface area (Å²) >= 11 is 0. The second-order valence-corrected chi connectivity index (χ2v) is 3.41. The van der Waals surface area contributed by atoms with E-state index in [4.69, 9.17) is 5.73 Å². The number of hydrogen-bond donors (Lipinski definition) is 1. The standard InChI is InChI=1S/C10H9F6N/c11-8-6(9(12,13)4-5-17)2-1-3-7(8)10(14,15)16/h1-3H,4-5,17H2. The molecule has 0 fully saturated rings. The highest BCUT2D eigenvalue weighted by molar-refractivity contribution is 5.31. The smallest absolute Gasteiger partial charge is 0.330 e. The van der Waals surface area contributed by atoms with Gasteiger partial charge in [-0.3, -0.25) is 0 Å². The zero-order valence-electron chi connectivity index (χ0n) is 8.49. The second kappa shape index (κ2) is 4.56. The normalized spacial score (nSPS) is 12.9. The van der Waals surface area contributed by atoms with Gasteiger partial charge in [0.25, 0.3) is 5.92 Å². The molecule has 1 aromatic carbocycles. The lowest BCUT2D eigenvalue weighted by Gasteiger charge is -2.18. The highest BCUT2D eigenvalue weighted by atomic mass is 19.4. The average Bonchev–Trinajstić information content (AvgIpc) is 2.15. The lowest BCUT2D eigenvalue weighted by Crippen LogP contribution is -2.22. The predicted molar refractivity (Wildman–Crippen MR) is 49.0 cm³/mol. The summed E-state index contributed by atoms with van der Waals surface area (Å²) in [6.07, 6.45) is -5.91. The van der Waals surface area contributed by atoms with Crippen LogP contribution in [0.5, 0.6) is 0 Å². The molecule has 17 heavy (non-hydrogen) atoms. The summed E-state index contributed by atoms with van der Waals surface area (Å²) in [6, 6.07) is 1.78. The Morgan fingerprint density at radius 1 is 1.00 bits per heavy atom. The summed E-state index contributed by atoms with van der Waals surface area (Å²) in [5.74, 6) is -5.65. The quantitative estimate of drug-likeness (QED) is 0.826. The number of hydrogen-bond acceptors (Lipinski definition) is 1. The van der Waals surface area contributed by atoms with Crippen molar-refractivity contribution in [1.29, 1.82) is 0 Å². The average molecular weight is 257 g/mol. The molecular formula is C10H9F6N. The Bertz CT molecular complexity index is 398. The fourth-order valence-electron chi connectivity index (χ4n) is 1.35. The maximum absolute atomic E-state index is 13.3. The van der Waals surface area contributed by atoms with Crippen molar-refractivity contribution < 1.29 is 26.3 Å². The molecule has 0 atom stereocenters. The van der Waals surface area contributed by atoms with Crippen molar-refractivity contribution in [3.05, 3.63) is 35.1 Å². The van der Waals surface area contributed by atoms with Crippen molar-refractivity contribution in [3.63, 3.8) is 0 Å². The van der Waals surface area contributed by atoms with Gasteiger partial charge in [-0.05, 0) is 12.6 Å². The molecule has 0 aliphatic carbocycles. The van der Waals surface area contributed by atoms with E-state index in [2.05, 4.69) is 0 Å². The van der Waals surface area contributed by atoms with Crippen LogP contribution in [-0.4, -0.2) is 6.54 Å². The zero-order valence-corrected chi connectivity index (χ0v) is 8.49. The van der Waals surface area contributed by atoms with Crippen LogP contribution in [0, 0.1) is 5.82 Å². The van der Waals surface area contributed by atoms with Crippen molar-refractivity contribution in [2.24, 2.45) is 5.73 Å². The van der Waals surface area contributed by atoms with Crippen molar-refractivity contribution in [2.75, 3.05) is 6.54 Å². The van der Waals surface area contributed by atoms with Gasteiger partial charge in [0.1, 0.15) is 5.82 Å². The maximum Gasteiger partial charge on any atom is 0.419 e. The molecule has 0 amide bonds. The third kappa shape index (κ3) is 2.91. The van der Waals surface area contributed by atoms with E-state index in [-0.39, 0.29) is 0 Å². The number of alkyl halides is 5. The molecule has 7 heteroatoms. The minimum absolute atomic E-state index is 0.414. The fourth-order valence-corrected chi connectivity index (χ4v) is 1.35. The third-order valence-electron chi connectivity index (χ3n) is 2.16. The van der Waals surface area contributed by atoms with Crippen LogP contribution in [0.1, 0.15) is 17.5 Å². The molecule has 1 rings (SSSR count). The maximum atomic E-state index is 13.3. The molecule has 0 saturated carbocycles. The van der Waals surface area contributed by atoms with Gasteiger partial charge in [0.15, 0.2) is 0 Å². The van der Waals surface area contributed by atoms with E-state index in [9.17, 15) is 26.3 Å². The van der Waals surface area contributed by atoms with Gasteiger partial charge in [0.05, 0.1) is 11.1 Å². The van der Waals surface area contributed by atoms with E-state index in [1.165, 1.54) is 0 Å². The van der Waals surface area contributed by atoms with Crippen molar-refractivity contribution in [1.82, 2.24) is 0 Å². The SMILES string of the molecule is NCCC(F)(F)c1cccc(C(F)(F)F)c1F. The fraction of sp³-hybridized carbons (Fsp3) is 0.400. The first-order chi connectivity index (χ1) is 7.70. The van der Waals surface area contributed by atoms with E-state index in [0.717, 1.165) is 6.07 Å². The van der Waals surface area contributed by atoms with Crippen molar-refractivity contribution >= 4 is 0 Å². The Labute approximate surface area is 93.2 Å². The lowest BCUT2D eigenvalue weighted by atomic mass is 10.0. The molecule has 1 aromatic rings. The molecule has 0 unspecified atom stereocenters. The summed E-state index contributed by atoms with van der Waals surface area (Å²) in [5.41, 5.74) is 1.92. The van der Waals surface area contributed by atoms with Gasteiger partial charge in [-0.2, -0.15) is 13.2 Å². The molecule has 0 saturated heterocycles. The molecule has 0 aliphatic heterocycles. The van der Waals surface area contributed by atoms with Gasteiger partial charge < -0.3 is 5.73 Å². The number of halogens is 6. The Balaban J connectivity index is 3.29. The topological polar surface area (TPSA) is 26.0 Å². The van der Waals surface area contributed by atoms with E-state index in [0.29, 0.717) is 12.1 Å². The van der Waals surface area contributed by atoms with Gasteiger partial charge >= 0.3 is 6.18 Å². The number of benzene rings is 1. The molecule has 2 N–H and O–H groups in total. The third-order valence-corrected chi connectivity index (χ3v) is 2.16. The predicted octanol–water partition coefficient (Wildman–Crippen LogP) is 3.29. The van der Waals surface area contributed by atoms with Gasteiger partial charge in [-0.1, -0.05) is 12.1 Å². The highest BCUT2D eigenvalue weighted by Crippen LogP contribution is 2.38. The molecule has 0 bridgehead atoms. The zero-order chi connectivity index (χ0) is 13.3. The van der Waals surface area contributed by atoms with Gasteiger partial charge in [0, 0.05) is 6.42 Å². The molecule has 96 valence electrons. The van der Waals surface area contributed by atoms with Crippen molar-refractivity contribution in [2.45, 2.75) is 18.5 Å². The summed E-state index contributed by atoms with van der Waals surface area (Å²) in [5, 5.41) is 0. The second-order valence-electron chi connectivity index (χ2n) is 3.41. The minimum atomic E-state index is -5.00. The largest absolute Gasteiger partial charge is 0.419 e. The summed E-state index contributed by atoms with van der Waals surface area (Å²) in [7, 11) is 0. The van der Waals surface area contributed by atoms with Crippen LogP contribution in [0.25, 0.3) is 0 Å². The lowest BCUT2D eigenvalue weighted by molar-refractivity contribution is -0.140. The van der Waals surface area contributed by atoms with E-state index in [1.807, 2.05) is 0 Å². The molecule has 1 nitrogen and oxygen atoms in total. The molecular weight excluding hydrogens is 248 g/mol. The van der Waals surface area contributed by atoms with Crippen LogP contribution in [0.15, 0.2) is 18.2 Å². The summed E-state index contributed by atoms with van der Waals surface area (Å²) in [4.78, 5) is 0. The summed E-state index contributed by atoms with van der Waals surface area (Å²) < 4.78 is 76.8. The monoisotopic (exact) mass is 257 g/mol. The van der Waals surface area contributed by atoms with Crippen LogP contribution in [0.2, 0.25) is 0 Å². The number of nitrogens with two attached hydrogens (primary N) is 1. The molecule has 0 aromatic heterocycles. The Morgan fingerprint density at radius 3 is 2.00 bits per heavy atom. The highest BCUT2D eigenvalue weighted by Gasteiger charge is 2.40. The Kier molecular flexibility index (Phi) is 3.71. The van der Waals surface area contributed by atoms with Gasteiger partial charge in [0.2, 0.25) is 0 Å². The molecule has 0 heterocycles. The molecule has 0 aliphatic rings. The van der Waals surface area contributed by atoms with Crippen LogP contribution in [-0.2, 0) is 12.1 Å². The first-order valence-electron chi connectivity index (χ1n) is 4.64. The minimum Gasteiger partial charge on any atom is -0.330 e. The Morgan fingerprint density at radius 2 is 1.53 bits per heavy atom. The van der Waals surface area contributed by atoms with Crippen LogP contribution in [0.3, 0.4) is 0 Å². The first-order valence-corrected chi connectivity index (χ1v) is 4.64. The van der Waals surface area contributed by atoms with E-state index < -0.39 is 42.0 Å². The van der Waals surface area contributed by atoms with Gasteiger partial charge in [-0.15, -0.1) is 0 Å². The van der Waals surface area contributed by atoms with E-state index in [1.54, 1.807) is 0 Å². The molecule has 0 radical (unpaired) electrons. The first kappa shape index (κ1) is 13.8. The van der Waals surface area contributed by atoms with Crippen LogP contribution >= 0.6 is 0 Å². The van der Waals surface area contributed by atoms with Crippen LogP contribution < -0.4 is 5.73 Å². The molecule has 0 spiro atoms. The number of rotatable bonds is 3. The van der Waals surface area contributed by atoms with E-state index >= 15 is 0 Å². The van der Waals surface area contributed by atoms with Crippen molar-refractivity contribution in [3.8, 4) is 0 Å². The summed E-state index contributed by atoms with van der Waals surface area (Å²) in [6.45, 7) is -0.456. The Hall–Kier alpha value is -1.24. The van der Waals surface area contributed by atoms with Gasteiger partial charge in [-0.25, -0.2) is 13.2 Å².